The molecule has 3 heterocycles. The van der Waals surface area contributed by atoms with Crippen LogP contribution >= 0.6 is 0 Å². The first-order valence-corrected chi connectivity index (χ1v) is 12.7. The molecule has 1 aromatic heterocycles. The molecule has 0 saturated carbocycles. The smallest absolute Gasteiger partial charge is 0.394 e. The third-order valence-corrected chi connectivity index (χ3v) is 10.5. The zero-order valence-electron chi connectivity index (χ0n) is 18.3. The summed E-state index contributed by atoms with van der Waals surface area (Å²) in [6, 6.07) is 0.947. The maximum Gasteiger partial charge on any atom is 0.394 e. The van der Waals surface area contributed by atoms with Crippen LogP contribution in [0.4, 0.5) is 0 Å². The molecule has 0 aliphatic carbocycles. The fourth-order valence-corrected chi connectivity index (χ4v) is 4.36. The van der Waals surface area contributed by atoms with Crippen LogP contribution in [0.25, 0.3) is 0 Å². The van der Waals surface area contributed by atoms with E-state index in [1.807, 2.05) is 0 Å². The number of nitrogens with zero attached hydrogens (tertiary/aromatic N) is 3. The van der Waals surface area contributed by atoms with Gasteiger partial charge in [-0.2, -0.15) is 0 Å². The van der Waals surface area contributed by atoms with E-state index in [0.29, 0.717) is 0 Å². The molecule has 0 bridgehead atoms. The molecule has 0 aromatic carbocycles. The van der Waals surface area contributed by atoms with Gasteiger partial charge in [0.05, 0.1) is 6.61 Å². The van der Waals surface area contributed by atoms with Crippen molar-refractivity contribution in [3.63, 3.8) is 0 Å². The van der Waals surface area contributed by atoms with Gasteiger partial charge in [0, 0.05) is 16.9 Å². The minimum Gasteiger partial charge on any atom is -0.414 e. The van der Waals surface area contributed by atoms with Gasteiger partial charge in [0.1, 0.15) is 18.3 Å². The lowest BCUT2D eigenvalue weighted by Crippen LogP contribution is -2.45. The van der Waals surface area contributed by atoms with Crippen molar-refractivity contribution in [1.82, 2.24) is 9.24 Å². The lowest BCUT2D eigenvalue weighted by atomic mass is 10.1. The highest BCUT2D eigenvalue weighted by Gasteiger charge is 2.56. The molecule has 2 saturated heterocycles. The van der Waals surface area contributed by atoms with Crippen molar-refractivity contribution in [3.05, 3.63) is 43.2 Å². The van der Waals surface area contributed by atoms with Gasteiger partial charge < -0.3 is 18.6 Å². The SMILES string of the molecule is CC1(C)O[C@@H]2[C@H](O1)[C@@H](CO[Si](C)(C)C(C)(C)C)O[C@H]2n1ccc(=O)n([N+](=O)[O-])c1=O. The van der Waals surface area contributed by atoms with Crippen LogP contribution in [0, 0.1) is 10.1 Å². The topological polar surface area (TPSA) is 124 Å². The number of fused-ring (bicyclic) bond motifs is 1. The lowest BCUT2D eigenvalue weighted by Gasteiger charge is -2.37. The van der Waals surface area contributed by atoms with Crippen LogP contribution in [-0.4, -0.2) is 53.3 Å². The fourth-order valence-electron chi connectivity index (χ4n) is 3.35. The minimum atomic E-state index is -2.08. The number of hydrogen-bond acceptors (Lipinski definition) is 8. The van der Waals surface area contributed by atoms with Crippen LogP contribution in [0.2, 0.25) is 18.1 Å². The summed E-state index contributed by atoms with van der Waals surface area (Å²) in [5.41, 5.74) is -2.15. The summed E-state index contributed by atoms with van der Waals surface area (Å²) in [4.78, 5) is 35.5. The number of ether oxygens (including phenoxy) is 3. The highest BCUT2D eigenvalue weighted by molar-refractivity contribution is 6.74. The van der Waals surface area contributed by atoms with Crippen LogP contribution in [0.1, 0.15) is 40.8 Å². The Balaban J connectivity index is 1.93. The standard InChI is InChI=1S/C18H29N3O8Si/c1-17(2,3)30(6,7)26-10-11-13-14(29-18(4,5)28-13)15(27-11)19-9-8-12(22)20(16(19)23)21(24)25/h8-9,11,13-15H,10H2,1-7H3/t11-,13-,14-,15-/m1/s1. The van der Waals surface area contributed by atoms with Gasteiger partial charge in [-0.3, -0.25) is 9.36 Å². The van der Waals surface area contributed by atoms with Gasteiger partial charge in [0.2, 0.25) is 0 Å². The number of hydrogen-bond donors (Lipinski definition) is 0. The third-order valence-electron chi connectivity index (χ3n) is 5.97. The van der Waals surface area contributed by atoms with E-state index in [0.717, 1.165) is 10.6 Å². The number of rotatable bonds is 5. The summed E-state index contributed by atoms with van der Waals surface area (Å²) < 4.78 is 25.2. The van der Waals surface area contributed by atoms with E-state index < -0.39 is 54.9 Å². The molecular formula is C18H29N3O8Si. The first kappa shape index (κ1) is 22.8. The monoisotopic (exact) mass is 443 g/mol. The summed E-state index contributed by atoms with van der Waals surface area (Å²) in [7, 11) is -2.08. The highest BCUT2D eigenvalue weighted by atomic mass is 28.4. The Morgan fingerprint density at radius 2 is 1.83 bits per heavy atom. The quantitative estimate of drug-likeness (QED) is 0.381. The van der Waals surface area contributed by atoms with Crippen molar-refractivity contribution in [3.8, 4) is 0 Å². The van der Waals surface area contributed by atoms with Crippen LogP contribution in [0.3, 0.4) is 0 Å². The van der Waals surface area contributed by atoms with Crippen molar-refractivity contribution in [2.24, 2.45) is 0 Å². The second kappa shape index (κ2) is 7.37. The van der Waals surface area contributed by atoms with E-state index in [9.17, 15) is 19.7 Å². The molecule has 0 unspecified atom stereocenters. The van der Waals surface area contributed by atoms with Gasteiger partial charge in [-0.05, 0) is 32.0 Å². The summed E-state index contributed by atoms with van der Waals surface area (Å²) in [6.45, 7) is 14.3. The molecule has 3 rings (SSSR count). The van der Waals surface area contributed by atoms with Gasteiger partial charge in [-0.15, -0.1) is 0 Å². The molecule has 2 aliphatic heterocycles. The van der Waals surface area contributed by atoms with Gasteiger partial charge >= 0.3 is 11.2 Å². The maximum atomic E-state index is 12.6. The Bertz CT molecular complexity index is 948. The molecule has 30 heavy (non-hydrogen) atoms. The molecule has 11 nitrogen and oxygen atoms in total. The van der Waals surface area contributed by atoms with E-state index in [4.69, 9.17) is 18.6 Å². The molecule has 4 atom stereocenters. The van der Waals surface area contributed by atoms with E-state index >= 15 is 0 Å². The van der Waals surface area contributed by atoms with Crippen LogP contribution in [-0.2, 0) is 18.6 Å². The molecule has 0 amide bonds. The Kier molecular flexibility index (Phi) is 5.61. The fraction of sp³-hybridized carbons (Fsp3) is 0.778. The Labute approximate surface area is 174 Å². The van der Waals surface area contributed by atoms with E-state index in [-0.39, 0.29) is 16.3 Å². The van der Waals surface area contributed by atoms with Gasteiger partial charge in [-0.25, -0.2) is 14.9 Å². The zero-order chi connectivity index (χ0) is 22.6. The molecule has 12 heteroatoms. The normalized spacial score (nSPS) is 28.5. The number of aromatic nitrogens is 2. The molecular weight excluding hydrogens is 414 g/mol. The lowest BCUT2D eigenvalue weighted by molar-refractivity contribution is -0.549. The summed E-state index contributed by atoms with van der Waals surface area (Å²) in [5.74, 6) is -0.923. The van der Waals surface area contributed by atoms with Crippen molar-refractivity contribution in [2.75, 3.05) is 6.61 Å². The molecule has 2 aliphatic rings. The Morgan fingerprint density at radius 1 is 1.23 bits per heavy atom. The second-order valence-corrected chi connectivity index (χ2v) is 14.4. The summed E-state index contributed by atoms with van der Waals surface area (Å²) >= 11 is 0. The van der Waals surface area contributed by atoms with Crippen molar-refractivity contribution in [1.29, 1.82) is 0 Å². The molecule has 168 valence electrons. The molecule has 0 N–H and O–H groups in total. The first-order valence-electron chi connectivity index (χ1n) is 9.78. The van der Waals surface area contributed by atoms with Crippen LogP contribution < -0.4 is 11.2 Å². The minimum absolute atomic E-state index is 0.00510. The van der Waals surface area contributed by atoms with Crippen molar-refractivity contribution in [2.45, 2.75) is 83.1 Å². The third kappa shape index (κ3) is 4.01. The largest absolute Gasteiger partial charge is 0.414 e. The van der Waals surface area contributed by atoms with Gasteiger partial charge in [0.15, 0.2) is 25.4 Å². The zero-order valence-corrected chi connectivity index (χ0v) is 19.3. The average Bonchev–Trinajstić information content (AvgIpc) is 3.05. The molecule has 1 aromatic rings. The first-order chi connectivity index (χ1) is 13.6. The van der Waals surface area contributed by atoms with Crippen molar-refractivity contribution < 1.29 is 23.7 Å². The average molecular weight is 444 g/mol. The highest BCUT2D eigenvalue weighted by Crippen LogP contribution is 2.43. The van der Waals surface area contributed by atoms with Gasteiger partial charge in [-0.1, -0.05) is 20.8 Å². The predicted octanol–water partition coefficient (Wildman–Crippen LogP) is 1.49. The predicted molar refractivity (Wildman–Crippen MR) is 108 cm³/mol. The van der Waals surface area contributed by atoms with Gasteiger partial charge in [0.25, 0.3) is 0 Å². The van der Waals surface area contributed by atoms with E-state index in [1.165, 1.54) is 6.20 Å². The maximum absolute atomic E-state index is 12.6. The van der Waals surface area contributed by atoms with Crippen LogP contribution in [0.15, 0.2) is 21.9 Å². The molecule has 0 radical (unpaired) electrons. The van der Waals surface area contributed by atoms with Crippen LogP contribution in [0.5, 0.6) is 0 Å². The number of nitro groups is 1. The van der Waals surface area contributed by atoms with E-state index in [1.54, 1.807) is 13.8 Å². The Hall–Kier alpha value is -1.86. The summed E-state index contributed by atoms with van der Waals surface area (Å²) in [5, 5.41) is 10.1. The van der Waals surface area contributed by atoms with E-state index in [2.05, 4.69) is 33.9 Å². The Morgan fingerprint density at radius 3 is 2.40 bits per heavy atom. The second-order valence-electron chi connectivity index (χ2n) is 9.59. The van der Waals surface area contributed by atoms with Crippen molar-refractivity contribution >= 4 is 8.32 Å². The summed E-state index contributed by atoms with van der Waals surface area (Å²) in [6.07, 6.45) is -1.58. The molecule has 2 fully saturated rings. The molecule has 0 spiro atoms.